The van der Waals surface area contributed by atoms with Crippen LogP contribution in [0.3, 0.4) is 0 Å². The minimum Gasteiger partial charge on any atom is -0.486 e. The van der Waals surface area contributed by atoms with Crippen LogP contribution in [0, 0.1) is 0 Å². The van der Waals surface area contributed by atoms with Crippen molar-refractivity contribution in [3.05, 3.63) is 23.8 Å². The van der Waals surface area contributed by atoms with E-state index in [1.807, 2.05) is 19.2 Å². The number of rotatable bonds is 3. The summed E-state index contributed by atoms with van der Waals surface area (Å²) in [4.78, 5) is 13.3. The van der Waals surface area contributed by atoms with Crippen LogP contribution in [0.1, 0.15) is 18.4 Å². The van der Waals surface area contributed by atoms with Crippen molar-refractivity contribution in [1.29, 1.82) is 0 Å². The highest BCUT2D eigenvalue weighted by atomic mass is 16.6. The Morgan fingerprint density at radius 1 is 1.35 bits per heavy atom. The van der Waals surface area contributed by atoms with Crippen molar-refractivity contribution in [2.24, 2.45) is 0 Å². The molecule has 1 aromatic carbocycles. The van der Waals surface area contributed by atoms with Gasteiger partial charge in [0.1, 0.15) is 13.2 Å². The number of likely N-dealkylation sites (tertiary alicyclic amines) is 1. The Labute approximate surface area is 118 Å². The van der Waals surface area contributed by atoms with Gasteiger partial charge in [0.25, 0.3) is 0 Å². The maximum Gasteiger partial charge on any atom is 0.222 e. The summed E-state index contributed by atoms with van der Waals surface area (Å²) in [6.45, 7) is 2.72. The molecule has 0 saturated carbocycles. The highest BCUT2D eigenvalue weighted by Crippen LogP contribution is 2.33. The number of likely N-dealkylation sites (N-methyl/N-ethyl adjacent to an activating group) is 1. The van der Waals surface area contributed by atoms with Crippen molar-refractivity contribution in [2.45, 2.75) is 25.4 Å². The lowest BCUT2D eigenvalue weighted by molar-refractivity contribution is -0.132. The Balaban J connectivity index is 1.63. The number of hydrogen-bond acceptors (Lipinski definition) is 4. The van der Waals surface area contributed by atoms with Crippen molar-refractivity contribution in [3.8, 4) is 11.5 Å². The first kappa shape index (κ1) is 13.2. The molecule has 1 amide bonds. The zero-order chi connectivity index (χ0) is 13.9. The lowest BCUT2D eigenvalue weighted by atomic mass is 10.0. The van der Waals surface area contributed by atoms with Crippen LogP contribution >= 0.6 is 0 Å². The molecule has 1 unspecified atom stereocenters. The van der Waals surface area contributed by atoms with Crippen molar-refractivity contribution in [2.75, 3.05) is 26.8 Å². The van der Waals surface area contributed by atoms with E-state index in [-0.39, 0.29) is 5.91 Å². The lowest BCUT2D eigenvalue weighted by Gasteiger charge is -2.30. The van der Waals surface area contributed by atoms with E-state index in [1.165, 1.54) is 0 Å². The minimum atomic E-state index is 0.233. The number of para-hydroxylation sites is 1. The SMILES string of the molecule is CN1CC(NCc2cccc3c2OCCO3)CCC1=O. The van der Waals surface area contributed by atoms with Gasteiger partial charge in [-0.2, -0.15) is 0 Å². The molecule has 1 aromatic rings. The van der Waals surface area contributed by atoms with E-state index < -0.39 is 0 Å². The molecule has 0 bridgehead atoms. The average molecular weight is 276 g/mol. The summed E-state index contributed by atoms with van der Waals surface area (Å²) < 4.78 is 11.3. The van der Waals surface area contributed by atoms with E-state index in [9.17, 15) is 4.79 Å². The first-order valence-corrected chi connectivity index (χ1v) is 7.09. The van der Waals surface area contributed by atoms with Gasteiger partial charge in [-0.25, -0.2) is 0 Å². The first-order valence-electron chi connectivity index (χ1n) is 7.09. The molecule has 108 valence electrons. The van der Waals surface area contributed by atoms with Crippen LogP contribution < -0.4 is 14.8 Å². The van der Waals surface area contributed by atoms with Crippen molar-refractivity contribution in [3.63, 3.8) is 0 Å². The van der Waals surface area contributed by atoms with Gasteiger partial charge in [0.15, 0.2) is 11.5 Å². The molecule has 2 aliphatic rings. The van der Waals surface area contributed by atoms with Gasteiger partial charge in [0, 0.05) is 38.2 Å². The van der Waals surface area contributed by atoms with Crippen LogP contribution in [0.4, 0.5) is 0 Å². The molecule has 0 aliphatic carbocycles. The van der Waals surface area contributed by atoms with E-state index in [4.69, 9.17) is 9.47 Å². The Hall–Kier alpha value is -1.75. The molecular weight excluding hydrogens is 256 g/mol. The molecule has 1 fully saturated rings. The molecule has 5 heteroatoms. The monoisotopic (exact) mass is 276 g/mol. The Kier molecular flexibility index (Phi) is 3.78. The normalized spacial score (nSPS) is 21.9. The number of carbonyl (C=O) groups excluding carboxylic acids is 1. The third-order valence-electron chi connectivity index (χ3n) is 3.86. The Morgan fingerprint density at radius 2 is 2.20 bits per heavy atom. The number of nitrogens with one attached hydrogen (secondary N) is 1. The van der Waals surface area contributed by atoms with E-state index >= 15 is 0 Å². The van der Waals surface area contributed by atoms with Crippen LogP contribution in [-0.4, -0.2) is 43.7 Å². The third-order valence-corrected chi connectivity index (χ3v) is 3.86. The van der Waals surface area contributed by atoms with Crippen LogP contribution in [0.15, 0.2) is 18.2 Å². The van der Waals surface area contributed by atoms with E-state index in [2.05, 4.69) is 11.4 Å². The number of carbonyl (C=O) groups is 1. The molecule has 2 heterocycles. The zero-order valence-electron chi connectivity index (χ0n) is 11.7. The van der Waals surface area contributed by atoms with Crippen LogP contribution in [-0.2, 0) is 11.3 Å². The molecule has 20 heavy (non-hydrogen) atoms. The topological polar surface area (TPSA) is 50.8 Å². The average Bonchev–Trinajstić information content (AvgIpc) is 2.48. The number of benzene rings is 1. The van der Waals surface area contributed by atoms with Gasteiger partial charge in [-0.05, 0) is 12.5 Å². The highest BCUT2D eigenvalue weighted by molar-refractivity contribution is 5.76. The number of piperidine rings is 1. The minimum absolute atomic E-state index is 0.233. The summed E-state index contributed by atoms with van der Waals surface area (Å²) in [5, 5.41) is 3.51. The number of hydrogen-bond donors (Lipinski definition) is 1. The van der Waals surface area contributed by atoms with Crippen molar-refractivity contribution < 1.29 is 14.3 Å². The Bertz CT molecular complexity index is 504. The van der Waals surface area contributed by atoms with Crippen LogP contribution in [0.2, 0.25) is 0 Å². The summed E-state index contributed by atoms with van der Waals surface area (Å²) in [6.07, 6.45) is 1.52. The van der Waals surface area contributed by atoms with Gasteiger partial charge in [-0.3, -0.25) is 4.79 Å². The van der Waals surface area contributed by atoms with Crippen molar-refractivity contribution >= 4 is 5.91 Å². The van der Waals surface area contributed by atoms with E-state index in [1.54, 1.807) is 4.90 Å². The molecule has 1 saturated heterocycles. The first-order chi connectivity index (χ1) is 9.74. The molecular formula is C15H20N2O3. The molecule has 1 N–H and O–H groups in total. The largest absolute Gasteiger partial charge is 0.486 e. The van der Waals surface area contributed by atoms with Gasteiger partial charge >= 0.3 is 0 Å². The van der Waals surface area contributed by atoms with E-state index in [0.717, 1.165) is 36.6 Å². The molecule has 1 atom stereocenters. The van der Waals surface area contributed by atoms with Gasteiger partial charge < -0.3 is 19.7 Å². The zero-order valence-corrected chi connectivity index (χ0v) is 11.7. The third kappa shape index (κ3) is 2.72. The highest BCUT2D eigenvalue weighted by Gasteiger charge is 2.23. The summed E-state index contributed by atoms with van der Waals surface area (Å²) in [6, 6.07) is 6.32. The number of amides is 1. The number of fused-ring (bicyclic) bond motifs is 1. The fourth-order valence-electron chi connectivity index (χ4n) is 2.71. The summed E-state index contributed by atoms with van der Waals surface area (Å²) in [5.41, 5.74) is 1.11. The fraction of sp³-hybridized carbons (Fsp3) is 0.533. The molecule has 2 aliphatic heterocycles. The smallest absolute Gasteiger partial charge is 0.222 e. The predicted octanol–water partition coefficient (Wildman–Crippen LogP) is 1.17. The standard InChI is InChI=1S/C15H20N2O3/c1-17-10-12(5-6-14(17)18)16-9-11-3-2-4-13-15(11)20-8-7-19-13/h2-4,12,16H,5-10H2,1H3. The van der Waals surface area contributed by atoms with Crippen molar-refractivity contribution in [1.82, 2.24) is 10.2 Å². The predicted molar refractivity (Wildman–Crippen MR) is 74.9 cm³/mol. The maximum atomic E-state index is 11.5. The maximum absolute atomic E-state index is 11.5. The molecule has 0 aromatic heterocycles. The second kappa shape index (κ2) is 5.71. The number of nitrogens with zero attached hydrogens (tertiary/aromatic N) is 1. The van der Waals surface area contributed by atoms with Gasteiger partial charge in [0.2, 0.25) is 5.91 Å². The Morgan fingerprint density at radius 3 is 3.05 bits per heavy atom. The lowest BCUT2D eigenvalue weighted by Crippen LogP contribution is -2.46. The molecule has 3 rings (SSSR count). The second-order valence-corrected chi connectivity index (χ2v) is 5.33. The van der Waals surface area contributed by atoms with Crippen LogP contribution in [0.5, 0.6) is 11.5 Å². The fourth-order valence-corrected chi connectivity index (χ4v) is 2.71. The molecule has 0 spiro atoms. The summed E-state index contributed by atoms with van der Waals surface area (Å²) in [7, 11) is 1.86. The quantitative estimate of drug-likeness (QED) is 0.900. The summed E-state index contributed by atoms with van der Waals surface area (Å²) >= 11 is 0. The van der Waals surface area contributed by atoms with Gasteiger partial charge in [-0.15, -0.1) is 0 Å². The second-order valence-electron chi connectivity index (χ2n) is 5.33. The molecule has 5 nitrogen and oxygen atoms in total. The van der Waals surface area contributed by atoms with E-state index in [0.29, 0.717) is 25.7 Å². The number of ether oxygens (including phenoxy) is 2. The molecule has 0 radical (unpaired) electrons. The summed E-state index contributed by atoms with van der Waals surface area (Å²) in [5.74, 6) is 1.91. The van der Waals surface area contributed by atoms with Crippen LogP contribution in [0.25, 0.3) is 0 Å². The van der Waals surface area contributed by atoms with Gasteiger partial charge in [0.05, 0.1) is 0 Å². The van der Waals surface area contributed by atoms with Gasteiger partial charge in [-0.1, -0.05) is 12.1 Å².